The van der Waals surface area contributed by atoms with Crippen LogP contribution in [0.5, 0.6) is 0 Å². The molecule has 4 heteroatoms. The van der Waals surface area contributed by atoms with Crippen LogP contribution in [0.4, 0.5) is 5.69 Å². The Labute approximate surface area is 81.6 Å². The number of nitrogens with two attached hydrogens (primary N) is 1. The molecule has 0 aliphatic rings. The van der Waals surface area contributed by atoms with E-state index in [-0.39, 0.29) is 11.3 Å². The first kappa shape index (κ1) is 10.1. The van der Waals surface area contributed by atoms with Gasteiger partial charge in [0, 0.05) is 5.69 Å². The molecule has 0 atom stereocenters. The van der Waals surface area contributed by atoms with Gasteiger partial charge in [0.05, 0.1) is 17.2 Å². The Morgan fingerprint density at radius 1 is 1.50 bits per heavy atom. The number of nitrogen functional groups attached to an aromatic ring is 1. The first-order valence-electron chi connectivity index (χ1n) is 4.02. The van der Waals surface area contributed by atoms with E-state index in [0.717, 1.165) is 5.56 Å². The molecule has 1 aromatic carbocycles. The molecule has 0 aliphatic heterocycles. The third-order valence-corrected chi connectivity index (χ3v) is 2.30. The zero-order valence-corrected chi connectivity index (χ0v) is 7.96. The van der Waals surface area contributed by atoms with Crippen LogP contribution in [0, 0.1) is 25.2 Å². The summed E-state index contributed by atoms with van der Waals surface area (Å²) >= 11 is 0. The summed E-state index contributed by atoms with van der Waals surface area (Å²) in [5, 5.41) is 17.6. The van der Waals surface area contributed by atoms with E-state index in [9.17, 15) is 4.79 Å². The number of carbonyl (C=O) groups is 1. The summed E-state index contributed by atoms with van der Waals surface area (Å²) in [4.78, 5) is 10.8. The van der Waals surface area contributed by atoms with Crippen LogP contribution in [-0.2, 0) is 0 Å². The molecule has 3 N–H and O–H groups in total. The zero-order chi connectivity index (χ0) is 10.9. The van der Waals surface area contributed by atoms with Crippen LogP contribution in [0.2, 0.25) is 0 Å². The van der Waals surface area contributed by atoms with Gasteiger partial charge < -0.3 is 10.8 Å². The van der Waals surface area contributed by atoms with Crippen molar-refractivity contribution in [2.24, 2.45) is 0 Å². The lowest BCUT2D eigenvalue weighted by Crippen LogP contribution is -2.06. The number of hydrogen-bond acceptors (Lipinski definition) is 3. The Hall–Kier alpha value is -2.02. The van der Waals surface area contributed by atoms with E-state index in [1.807, 2.05) is 6.07 Å². The summed E-state index contributed by atoms with van der Waals surface area (Å²) in [6.07, 6.45) is 0. The summed E-state index contributed by atoms with van der Waals surface area (Å²) in [6.45, 7) is 3.45. The van der Waals surface area contributed by atoms with Crippen molar-refractivity contribution in [1.82, 2.24) is 0 Å². The van der Waals surface area contributed by atoms with Crippen molar-refractivity contribution in [3.63, 3.8) is 0 Å². The molecule has 0 radical (unpaired) electrons. The van der Waals surface area contributed by atoms with E-state index in [1.54, 1.807) is 13.8 Å². The lowest BCUT2D eigenvalue weighted by atomic mass is 9.98. The maximum absolute atomic E-state index is 10.8. The number of carboxylic acid groups (broad SMARTS) is 1. The van der Waals surface area contributed by atoms with Crippen molar-refractivity contribution in [3.8, 4) is 6.07 Å². The lowest BCUT2D eigenvalue weighted by molar-refractivity contribution is 0.0698. The Morgan fingerprint density at radius 2 is 2.07 bits per heavy atom. The fourth-order valence-electron chi connectivity index (χ4n) is 1.23. The molecule has 4 nitrogen and oxygen atoms in total. The number of hydrogen-bond donors (Lipinski definition) is 2. The van der Waals surface area contributed by atoms with Crippen LogP contribution in [0.15, 0.2) is 6.07 Å². The van der Waals surface area contributed by atoms with Gasteiger partial charge in [0.1, 0.15) is 0 Å². The normalized spacial score (nSPS) is 9.50. The Morgan fingerprint density at radius 3 is 2.50 bits per heavy atom. The van der Waals surface area contributed by atoms with Crippen molar-refractivity contribution < 1.29 is 9.90 Å². The van der Waals surface area contributed by atoms with Crippen molar-refractivity contribution in [1.29, 1.82) is 5.26 Å². The molecule has 0 saturated heterocycles. The summed E-state index contributed by atoms with van der Waals surface area (Å²) in [5.74, 6) is -1.11. The summed E-state index contributed by atoms with van der Waals surface area (Å²) in [6, 6.07) is 3.25. The van der Waals surface area contributed by atoms with Gasteiger partial charge in [0.2, 0.25) is 0 Å². The van der Waals surface area contributed by atoms with Crippen LogP contribution < -0.4 is 5.73 Å². The van der Waals surface area contributed by atoms with E-state index in [0.29, 0.717) is 11.1 Å². The zero-order valence-electron chi connectivity index (χ0n) is 7.96. The van der Waals surface area contributed by atoms with Crippen molar-refractivity contribution >= 4 is 11.7 Å². The van der Waals surface area contributed by atoms with Crippen LogP contribution in [-0.4, -0.2) is 11.1 Å². The van der Waals surface area contributed by atoms with E-state index in [1.165, 1.54) is 6.07 Å². The van der Waals surface area contributed by atoms with Gasteiger partial charge in [-0.15, -0.1) is 0 Å². The molecule has 72 valence electrons. The lowest BCUT2D eigenvalue weighted by Gasteiger charge is -2.09. The molecule has 0 aliphatic carbocycles. The molecule has 1 aromatic rings. The monoisotopic (exact) mass is 190 g/mol. The van der Waals surface area contributed by atoms with Crippen molar-refractivity contribution in [2.45, 2.75) is 13.8 Å². The second-order valence-corrected chi connectivity index (χ2v) is 3.05. The van der Waals surface area contributed by atoms with Gasteiger partial charge in [-0.05, 0) is 31.0 Å². The van der Waals surface area contributed by atoms with Crippen molar-refractivity contribution in [3.05, 3.63) is 28.3 Å². The fourth-order valence-corrected chi connectivity index (χ4v) is 1.23. The second kappa shape index (κ2) is 3.38. The van der Waals surface area contributed by atoms with Gasteiger partial charge in [0.15, 0.2) is 0 Å². The summed E-state index contributed by atoms with van der Waals surface area (Å²) in [5.41, 5.74) is 7.58. The molecule has 0 amide bonds. The molecule has 0 fully saturated rings. The van der Waals surface area contributed by atoms with Gasteiger partial charge in [-0.25, -0.2) is 4.79 Å². The number of benzene rings is 1. The van der Waals surface area contributed by atoms with Crippen LogP contribution in [0.25, 0.3) is 0 Å². The van der Waals surface area contributed by atoms with Crippen molar-refractivity contribution in [2.75, 3.05) is 5.73 Å². The molecule has 0 heterocycles. The van der Waals surface area contributed by atoms with Crippen LogP contribution in [0.3, 0.4) is 0 Å². The highest BCUT2D eigenvalue weighted by Crippen LogP contribution is 2.23. The van der Waals surface area contributed by atoms with Crippen LogP contribution in [0.1, 0.15) is 27.0 Å². The fraction of sp³-hybridized carbons (Fsp3) is 0.200. The highest BCUT2D eigenvalue weighted by atomic mass is 16.4. The van der Waals surface area contributed by atoms with Gasteiger partial charge in [-0.2, -0.15) is 5.26 Å². The quantitative estimate of drug-likeness (QED) is 0.656. The summed E-state index contributed by atoms with van der Waals surface area (Å²) < 4.78 is 0. The first-order chi connectivity index (χ1) is 6.49. The largest absolute Gasteiger partial charge is 0.478 e. The second-order valence-electron chi connectivity index (χ2n) is 3.05. The molecule has 0 bridgehead atoms. The number of nitriles is 1. The molecular weight excluding hydrogens is 180 g/mol. The molecule has 0 unspecified atom stereocenters. The molecule has 0 aromatic heterocycles. The predicted octanol–water partition coefficient (Wildman–Crippen LogP) is 1.46. The van der Waals surface area contributed by atoms with Gasteiger partial charge in [-0.3, -0.25) is 0 Å². The minimum atomic E-state index is -1.11. The number of nitrogens with zero attached hydrogens (tertiary/aromatic N) is 1. The Bertz CT molecular complexity index is 444. The predicted molar refractivity (Wildman–Crippen MR) is 52.0 cm³/mol. The third-order valence-electron chi connectivity index (χ3n) is 2.30. The molecule has 0 spiro atoms. The number of carboxylic acids is 1. The summed E-state index contributed by atoms with van der Waals surface area (Å²) in [7, 11) is 0. The maximum atomic E-state index is 10.8. The maximum Gasteiger partial charge on any atom is 0.337 e. The third kappa shape index (κ3) is 1.40. The first-order valence-corrected chi connectivity index (χ1v) is 4.02. The number of rotatable bonds is 1. The van der Waals surface area contributed by atoms with Gasteiger partial charge in [-0.1, -0.05) is 0 Å². The average molecular weight is 190 g/mol. The molecule has 1 rings (SSSR count). The van der Waals surface area contributed by atoms with E-state index >= 15 is 0 Å². The van der Waals surface area contributed by atoms with E-state index in [4.69, 9.17) is 16.1 Å². The van der Waals surface area contributed by atoms with E-state index < -0.39 is 5.97 Å². The van der Waals surface area contributed by atoms with Gasteiger partial charge >= 0.3 is 5.97 Å². The SMILES string of the molecule is Cc1c(C#N)cc(C(=O)O)c(N)c1C. The van der Waals surface area contributed by atoms with E-state index in [2.05, 4.69) is 0 Å². The minimum Gasteiger partial charge on any atom is -0.478 e. The molecule has 14 heavy (non-hydrogen) atoms. The van der Waals surface area contributed by atoms with Crippen LogP contribution >= 0.6 is 0 Å². The highest BCUT2D eigenvalue weighted by Gasteiger charge is 2.14. The topological polar surface area (TPSA) is 87.1 Å². The Balaban J connectivity index is 3.59. The molecular formula is C10H10N2O2. The Kier molecular flexibility index (Phi) is 2.43. The highest BCUT2D eigenvalue weighted by molar-refractivity contribution is 5.95. The number of aromatic carboxylic acids is 1. The standard InChI is InChI=1S/C10H10N2O2/c1-5-6(2)9(12)8(10(13)14)3-7(5)4-11/h3H,12H2,1-2H3,(H,13,14). The number of anilines is 1. The smallest absolute Gasteiger partial charge is 0.337 e. The average Bonchev–Trinajstić information content (AvgIpc) is 2.14. The minimum absolute atomic E-state index is 0.00958. The molecule has 0 saturated carbocycles. The van der Waals surface area contributed by atoms with Gasteiger partial charge in [0.25, 0.3) is 0 Å².